The number of fused-ring (bicyclic) bond motifs is 1. The number of aryl methyl sites for hydroxylation is 1. The molecule has 6 heteroatoms. The monoisotopic (exact) mass is 357 g/mol. The lowest BCUT2D eigenvalue weighted by Gasteiger charge is -2.28. The van der Waals surface area contributed by atoms with E-state index in [4.69, 9.17) is 11.6 Å². The average Bonchev–Trinajstić information content (AvgIpc) is 2.68. The van der Waals surface area contributed by atoms with Gasteiger partial charge in [0.1, 0.15) is 0 Å². The maximum absolute atomic E-state index is 12.9. The number of amides is 2. The minimum absolute atomic E-state index is 0.0928. The van der Waals surface area contributed by atoms with Gasteiger partial charge in [-0.2, -0.15) is 0 Å². The van der Waals surface area contributed by atoms with Crippen molar-refractivity contribution >= 4 is 40.5 Å². The first-order valence-electron chi connectivity index (χ1n) is 8.16. The number of carbonyl (C=O) groups excluding carboxylic acids is 2. The van der Waals surface area contributed by atoms with E-state index < -0.39 is 0 Å². The second-order valence-corrected chi connectivity index (χ2v) is 6.63. The van der Waals surface area contributed by atoms with Crippen LogP contribution in [0.25, 0.3) is 0 Å². The Kier molecular flexibility index (Phi) is 4.95. The Morgan fingerprint density at radius 2 is 2.08 bits per heavy atom. The topological polar surface area (TPSA) is 61.4 Å². The summed E-state index contributed by atoms with van der Waals surface area (Å²) in [7, 11) is 0. The number of para-hydroxylation sites is 2. The average molecular weight is 358 g/mol. The van der Waals surface area contributed by atoms with Crippen LogP contribution >= 0.6 is 11.6 Å². The van der Waals surface area contributed by atoms with Crippen molar-refractivity contribution in [3.8, 4) is 0 Å². The maximum Gasteiger partial charge on any atom is 0.246 e. The largest absolute Gasteiger partial charge is 0.375 e. The number of nitrogens with zero attached hydrogens (tertiary/aromatic N) is 1. The summed E-state index contributed by atoms with van der Waals surface area (Å²) in [6, 6.07) is 12.7. The van der Waals surface area contributed by atoms with Crippen LogP contribution in [0.1, 0.15) is 18.9 Å². The SMILES string of the molecule is Cc1ccc(NCC(=O)N2c3ccccc3NC(=O)C[C@H]2C)c(Cl)c1. The predicted octanol–water partition coefficient (Wildman–Crippen LogP) is 3.82. The molecular formula is C19H20ClN3O2. The van der Waals surface area contributed by atoms with E-state index in [2.05, 4.69) is 10.6 Å². The number of hydrogen-bond donors (Lipinski definition) is 2. The van der Waals surface area contributed by atoms with Gasteiger partial charge in [0.2, 0.25) is 11.8 Å². The van der Waals surface area contributed by atoms with Gasteiger partial charge in [-0.25, -0.2) is 0 Å². The summed E-state index contributed by atoms with van der Waals surface area (Å²) in [5, 5.41) is 6.52. The van der Waals surface area contributed by atoms with Crippen molar-refractivity contribution in [3.63, 3.8) is 0 Å². The van der Waals surface area contributed by atoms with E-state index in [0.29, 0.717) is 22.1 Å². The van der Waals surface area contributed by atoms with E-state index in [9.17, 15) is 9.59 Å². The van der Waals surface area contributed by atoms with Crippen LogP contribution in [0.3, 0.4) is 0 Å². The minimum atomic E-state index is -0.230. The smallest absolute Gasteiger partial charge is 0.246 e. The fraction of sp³-hybridized carbons (Fsp3) is 0.263. The molecule has 0 saturated carbocycles. The molecule has 2 aromatic rings. The molecule has 0 aliphatic carbocycles. The number of carbonyl (C=O) groups is 2. The lowest BCUT2D eigenvalue weighted by atomic mass is 10.1. The standard InChI is InChI=1S/C19H20ClN3O2/c1-12-7-8-15(14(20)9-12)21-11-19(25)23-13(2)10-18(24)22-16-5-3-4-6-17(16)23/h3-9,13,21H,10-11H2,1-2H3,(H,22,24)/t13-/m1/s1. The molecular weight excluding hydrogens is 338 g/mol. The molecule has 0 spiro atoms. The molecule has 1 atom stereocenters. The van der Waals surface area contributed by atoms with Gasteiger partial charge in [0.25, 0.3) is 0 Å². The fourth-order valence-corrected chi connectivity index (χ4v) is 3.29. The van der Waals surface area contributed by atoms with Crippen molar-refractivity contribution in [2.24, 2.45) is 0 Å². The third kappa shape index (κ3) is 3.77. The number of benzene rings is 2. The van der Waals surface area contributed by atoms with E-state index in [1.54, 1.807) is 11.0 Å². The van der Waals surface area contributed by atoms with Crippen molar-refractivity contribution in [2.45, 2.75) is 26.3 Å². The predicted molar refractivity (Wildman–Crippen MR) is 101 cm³/mol. The molecule has 25 heavy (non-hydrogen) atoms. The van der Waals surface area contributed by atoms with Gasteiger partial charge in [-0.3, -0.25) is 9.59 Å². The molecule has 5 nitrogen and oxygen atoms in total. The summed E-state index contributed by atoms with van der Waals surface area (Å²) in [5.74, 6) is -0.210. The normalized spacial score (nSPS) is 16.7. The third-order valence-electron chi connectivity index (χ3n) is 4.18. The summed E-state index contributed by atoms with van der Waals surface area (Å²) in [6.07, 6.45) is 0.256. The molecule has 0 fully saturated rings. The molecule has 0 radical (unpaired) electrons. The highest BCUT2D eigenvalue weighted by Gasteiger charge is 2.29. The van der Waals surface area contributed by atoms with Gasteiger partial charge < -0.3 is 15.5 Å². The molecule has 0 saturated heterocycles. The molecule has 130 valence electrons. The number of rotatable bonds is 3. The summed E-state index contributed by atoms with van der Waals surface area (Å²) in [5.41, 5.74) is 3.13. The molecule has 2 N–H and O–H groups in total. The van der Waals surface area contributed by atoms with Crippen LogP contribution in [-0.4, -0.2) is 24.4 Å². The molecule has 2 aromatic carbocycles. The van der Waals surface area contributed by atoms with Crippen LogP contribution in [-0.2, 0) is 9.59 Å². The molecule has 0 aromatic heterocycles. The summed E-state index contributed by atoms with van der Waals surface area (Å²) >= 11 is 6.21. The van der Waals surface area contributed by atoms with Crippen LogP contribution in [0.5, 0.6) is 0 Å². The highest BCUT2D eigenvalue weighted by atomic mass is 35.5. The highest BCUT2D eigenvalue weighted by Crippen LogP contribution is 2.31. The molecule has 1 heterocycles. The van der Waals surface area contributed by atoms with Gasteiger partial charge >= 0.3 is 0 Å². The summed E-state index contributed by atoms with van der Waals surface area (Å²) in [4.78, 5) is 26.5. The van der Waals surface area contributed by atoms with Crippen molar-refractivity contribution < 1.29 is 9.59 Å². The first-order chi connectivity index (χ1) is 12.0. The van der Waals surface area contributed by atoms with E-state index >= 15 is 0 Å². The number of nitrogens with one attached hydrogen (secondary N) is 2. The van der Waals surface area contributed by atoms with Crippen LogP contribution in [0.2, 0.25) is 5.02 Å². The Bertz CT molecular complexity index is 822. The zero-order valence-electron chi connectivity index (χ0n) is 14.2. The highest BCUT2D eigenvalue weighted by molar-refractivity contribution is 6.33. The lowest BCUT2D eigenvalue weighted by Crippen LogP contribution is -2.42. The summed E-state index contributed by atoms with van der Waals surface area (Å²) in [6.45, 7) is 3.93. The number of anilines is 3. The first-order valence-corrected chi connectivity index (χ1v) is 8.54. The first kappa shape index (κ1) is 17.3. The van der Waals surface area contributed by atoms with Crippen molar-refractivity contribution in [3.05, 3.63) is 53.1 Å². The van der Waals surface area contributed by atoms with E-state index in [1.807, 2.05) is 50.2 Å². The lowest BCUT2D eigenvalue weighted by molar-refractivity contribution is -0.118. The van der Waals surface area contributed by atoms with Gasteiger partial charge in [-0.15, -0.1) is 0 Å². The fourth-order valence-electron chi connectivity index (χ4n) is 2.99. The Labute approximate surface area is 152 Å². The Morgan fingerprint density at radius 3 is 2.84 bits per heavy atom. The third-order valence-corrected chi connectivity index (χ3v) is 4.50. The van der Waals surface area contributed by atoms with Crippen LogP contribution in [0.4, 0.5) is 17.1 Å². The summed E-state index contributed by atoms with van der Waals surface area (Å²) < 4.78 is 0. The van der Waals surface area contributed by atoms with Gasteiger partial charge in [-0.05, 0) is 43.7 Å². The van der Waals surface area contributed by atoms with E-state index in [1.165, 1.54) is 0 Å². The quantitative estimate of drug-likeness (QED) is 0.877. The second-order valence-electron chi connectivity index (χ2n) is 6.22. The van der Waals surface area contributed by atoms with Crippen LogP contribution in [0, 0.1) is 6.92 Å². The van der Waals surface area contributed by atoms with Gasteiger partial charge in [0, 0.05) is 12.5 Å². The molecule has 2 amide bonds. The van der Waals surface area contributed by atoms with Gasteiger partial charge in [0.15, 0.2) is 0 Å². The Hall–Kier alpha value is -2.53. The molecule has 1 aliphatic heterocycles. The van der Waals surface area contributed by atoms with Gasteiger partial charge in [0.05, 0.1) is 28.6 Å². The van der Waals surface area contributed by atoms with Crippen LogP contribution in [0.15, 0.2) is 42.5 Å². The molecule has 1 aliphatic rings. The number of halogens is 1. The van der Waals surface area contributed by atoms with Crippen molar-refractivity contribution in [2.75, 3.05) is 22.1 Å². The zero-order valence-corrected chi connectivity index (χ0v) is 14.9. The Morgan fingerprint density at radius 1 is 1.32 bits per heavy atom. The van der Waals surface area contributed by atoms with Crippen molar-refractivity contribution in [1.82, 2.24) is 0 Å². The minimum Gasteiger partial charge on any atom is -0.375 e. The number of hydrogen-bond acceptors (Lipinski definition) is 3. The molecule has 0 unspecified atom stereocenters. The van der Waals surface area contributed by atoms with Crippen molar-refractivity contribution in [1.29, 1.82) is 0 Å². The van der Waals surface area contributed by atoms with Crippen LogP contribution < -0.4 is 15.5 Å². The Balaban J connectivity index is 1.81. The zero-order chi connectivity index (χ0) is 18.0. The van der Waals surface area contributed by atoms with E-state index in [-0.39, 0.29) is 30.8 Å². The van der Waals surface area contributed by atoms with E-state index in [0.717, 1.165) is 5.56 Å². The molecule has 0 bridgehead atoms. The second kappa shape index (κ2) is 7.15. The van der Waals surface area contributed by atoms with Gasteiger partial charge in [-0.1, -0.05) is 29.8 Å². The molecule has 3 rings (SSSR count). The maximum atomic E-state index is 12.9.